The molecule has 0 bridgehead atoms. The van der Waals surface area contributed by atoms with Crippen molar-refractivity contribution in [2.24, 2.45) is 0 Å². The van der Waals surface area contributed by atoms with E-state index in [9.17, 15) is 0 Å². The van der Waals surface area contributed by atoms with E-state index < -0.39 is 0 Å². The third-order valence-corrected chi connectivity index (χ3v) is 1.98. The summed E-state index contributed by atoms with van der Waals surface area (Å²) < 4.78 is 4.26. The SMILES string of the molecule is Clc1cnsc1Cl. The predicted molar refractivity (Wildman–Crippen MR) is 32.1 cm³/mol. The average molecular weight is 154 g/mol. The zero-order chi connectivity index (χ0) is 5.28. The molecule has 1 nitrogen and oxygen atoms in total. The molecule has 0 atom stereocenters. The maximum Gasteiger partial charge on any atom is 0.132 e. The van der Waals surface area contributed by atoms with E-state index in [1.54, 1.807) is 0 Å². The molecule has 0 aromatic carbocycles. The van der Waals surface area contributed by atoms with Crippen LogP contribution < -0.4 is 0 Å². The van der Waals surface area contributed by atoms with Gasteiger partial charge in [0.05, 0.1) is 11.2 Å². The number of halogens is 2. The smallest absolute Gasteiger partial charge is 0.132 e. The van der Waals surface area contributed by atoms with Gasteiger partial charge in [-0.25, -0.2) is 0 Å². The molecule has 38 valence electrons. The maximum absolute atomic E-state index is 5.45. The quantitative estimate of drug-likeness (QED) is 0.559. The fourth-order valence-corrected chi connectivity index (χ4v) is 0.982. The Hall–Kier alpha value is 0.210. The molecule has 0 saturated carbocycles. The molecule has 1 rings (SSSR count). The summed E-state index contributed by atoms with van der Waals surface area (Å²) in [5.74, 6) is 0. The highest BCUT2D eigenvalue weighted by atomic mass is 35.5. The van der Waals surface area contributed by atoms with Gasteiger partial charge < -0.3 is 0 Å². The Morgan fingerprint density at radius 1 is 1.57 bits per heavy atom. The molecule has 0 unspecified atom stereocenters. The molecule has 1 aromatic heterocycles. The van der Waals surface area contributed by atoms with Crippen molar-refractivity contribution in [2.75, 3.05) is 0 Å². The highest BCUT2D eigenvalue weighted by Gasteiger charge is 1.94. The summed E-state index contributed by atoms with van der Waals surface area (Å²) >= 11 is 12.1. The second-order valence-electron chi connectivity index (χ2n) is 0.947. The van der Waals surface area contributed by atoms with Crippen molar-refractivity contribution < 1.29 is 0 Å². The van der Waals surface area contributed by atoms with Crippen LogP contribution in [-0.2, 0) is 0 Å². The Balaban J connectivity index is 3.12. The van der Waals surface area contributed by atoms with Crippen LogP contribution in [0.5, 0.6) is 0 Å². The fraction of sp³-hybridized carbons (Fsp3) is 0. The van der Waals surface area contributed by atoms with Gasteiger partial charge in [0.2, 0.25) is 0 Å². The van der Waals surface area contributed by atoms with Crippen molar-refractivity contribution in [1.82, 2.24) is 4.37 Å². The van der Waals surface area contributed by atoms with Crippen molar-refractivity contribution >= 4 is 34.7 Å². The minimum absolute atomic E-state index is 0.534. The van der Waals surface area contributed by atoms with E-state index >= 15 is 0 Å². The van der Waals surface area contributed by atoms with E-state index in [0.29, 0.717) is 9.36 Å². The lowest BCUT2D eigenvalue weighted by Crippen LogP contribution is -1.44. The topological polar surface area (TPSA) is 12.9 Å². The number of hydrogen-bond donors (Lipinski definition) is 0. The summed E-state index contributed by atoms with van der Waals surface area (Å²) in [6.07, 6.45) is 1.52. The van der Waals surface area contributed by atoms with E-state index in [2.05, 4.69) is 4.37 Å². The first-order valence-corrected chi connectivity index (χ1v) is 3.09. The molecule has 0 fully saturated rings. The van der Waals surface area contributed by atoms with Crippen LogP contribution in [0.1, 0.15) is 0 Å². The zero-order valence-electron chi connectivity index (χ0n) is 3.19. The van der Waals surface area contributed by atoms with Gasteiger partial charge in [0, 0.05) is 0 Å². The number of rotatable bonds is 0. The standard InChI is InChI=1S/C3HCl2NS/c4-2-1-6-7-3(2)5/h1H. The van der Waals surface area contributed by atoms with Gasteiger partial charge in [-0.15, -0.1) is 0 Å². The molecular weight excluding hydrogens is 153 g/mol. The number of hydrogen-bond acceptors (Lipinski definition) is 2. The van der Waals surface area contributed by atoms with Crippen LogP contribution in [0.4, 0.5) is 0 Å². The van der Waals surface area contributed by atoms with Gasteiger partial charge in [0.25, 0.3) is 0 Å². The summed E-state index contributed by atoms with van der Waals surface area (Å²) in [4.78, 5) is 0. The summed E-state index contributed by atoms with van der Waals surface area (Å²) in [5, 5.41) is 0.534. The second kappa shape index (κ2) is 1.99. The molecule has 0 aliphatic rings. The van der Waals surface area contributed by atoms with Crippen LogP contribution in [0.3, 0.4) is 0 Å². The third-order valence-electron chi connectivity index (χ3n) is 0.487. The van der Waals surface area contributed by atoms with Crippen LogP contribution in [0.2, 0.25) is 9.36 Å². The lowest BCUT2D eigenvalue weighted by Gasteiger charge is -1.70. The van der Waals surface area contributed by atoms with E-state index in [1.165, 1.54) is 17.7 Å². The van der Waals surface area contributed by atoms with Gasteiger partial charge in [-0.2, -0.15) is 4.37 Å². The van der Waals surface area contributed by atoms with E-state index in [-0.39, 0.29) is 0 Å². The van der Waals surface area contributed by atoms with Crippen molar-refractivity contribution in [3.8, 4) is 0 Å². The molecule has 0 amide bonds. The molecule has 1 heterocycles. The summed E-state index contributed by atoms with van der Waals surface area (Å²) in [5.41, 5.74) is 0. The summed E-state index contributed by atoms with van der Waals surface area (Å²) in [6.45, 7) is 0. The average Bonchev–Trinajstić information content (AvgIpc) is 1.91. The van der Waals surface area contributed by atoms with E-state index in [1.807, 2.05) is 0 Å². The lowest BCUT2D eigenvalue weighted by atomic mass is 10.8. The highest BCUT2D eigenvalue weighted by Crippen LogP contribution is 2.23. The van der Waals surface area contributed by atoms with Crippen LogP contribution in [0.15, 0.2) is 6.20 Å². The largest absolute Gasteiger partial charge is 0.198 e. The zero-order valence-corrected chi connectivity index (χ0v) is 5.52. The minimum atomic E-state index is 0.534. The summed E-state index contributed by atoms with van der Waals surface area (Å²) in [6, 6.07) is 0. The highest BCUT2D eigenvalue weighted by molar-refractivity contribution is 7.11. The Labute approximate surface area is 55.0 Å². The van der Waals surface area contributed by atoms with Gasteiger partial charge >= 0.3 is 0 Å². The van der Waals surface area contributed by atoms with Crippen molar-refractivity contribution in [3.63, 3.8) is 0 Å². The van der Waals surface area contributed by atoms with Crippen LogP contribution in [-0.4, -0.2) is 4.37 Å². The van der Waals surface area contributed by atoms with Crippen molar-refractivity contribution in [3.05, 3.63) is 15.6 Å². The molecule has 0 spiro atoms. The molecule has 1 aromatic rings. The second-order valence-corrected chi connectivity index (χ2v) is 2.76. The third kappa shape index (κ3) is 1.06. The molecule has 7 heavy (non-hydrogen) atoms. The molecule has 0 aliphatic carbocycles. The van der Waals surface area contributed by atoms with E-state index in [0.717, 1.165) is 0 Å². The first-order valence-electron chi connectivity index (χ1n) is 1.56. The fourth-order valence-electron chi connectivity index (χ4n) is 0.213. The van der Waals surface area contributed by atoms with E-state index in [4.69, 9.17) is 23.2 Å². The number of nitrogens with zero attached hydrogens (tertiary/aromatic N) is 1. The Morgan fingerprint density at radius 2 is 2.29 bits per heavy atom. The number of aromatic nitrogens is 1. The van der Waals surface area contributed by atoms with Crippen molar-refractivity contribution in [2.45, 2.75) is 0 Å². The maximum atomic E-state index is 5.45. The van der Waals surface area contributed by atoms with Crippen LogP contribution >= 0.6 is 34.7 Å². The molecule has 0 radical (unpaired) electrons. The van der Waals surface area contributed by atoms with Crippen LogP contribution in [0.25, 0.3) is 0 Å². The van der Waals surface area contributed by atoms with Gasteiger partial charge in [-0.3, -0.25) is 0 Å². The Bertz CT molecular complexity index is 145. The van der Waals surface area contributed by atoms with Gasteiger partial charge in [0.15, 0.2) is 0 Å². The Kier molecular flexibility index (Phi) is 1.52. The van der Waals surface area contributed by atoms with Gasteiger partial charge in [0.1, 0.15) is 4.34 Å². The predicted octanol–water partition coefficient (Wildman–Crippen LogP) is 2.45. The van der Waals surface area contributed by atoms with Crippen LogP contribution in [0, 0.1) is 0 Å². The van der Waals surface area contributed by atoms with Gasteiger partial charge in [-0.05, 0) is 11.5 Å². The first-order chi connectivity index (χ1) is 3.30. The van der Waals surface area contributed by atoms with Gasteiger partial charge in [-0.1, -0.05) is 23.2 Å². The normalized spacial score (nSPS) is 9.43. The summed E-state index contributed by atoms with van der Waals surface area (Å²) in [7, 11) is 0. The Morgan fingerprint density at radius 3 is 2.43 bits per heavy atom. The molecular formula is C3HCl2NS. The molecule has 0 aliphatic heterocycles. The van der Waals surface area contributed by atoms with Crippen molar-refractivity contribution in [1.29, 1.82) is 0 Å². The molecule has 4 heteroatoms. The minimum Gasteiger partial charge on any atom is -0.198 e. The first kappa shape index (κ1) is 5.35. The molecule has 0 N–H and O–H groups in total. The lowest BCUT2D eigenvalue weighted by molar-refractivity contribution is 1.58. The monoisotopic (exact) mass is 153 g/mol. The molecule has 0 saturated heterocycles.